The van der Waals surface area contributed by atoms with Crippen molar-refractivity contribution in [1.29, 1.82) is 0 Å². The molecular weight excluding hydrogens is 373 g/mol. The number of anilines is 2. The van der Waals surface area contributed by atoms with E-state index < -0.39 is 5.91 Å². The van der Waals surface area contributed by atoms with Gasteiger partial charge in [-0.05, 0) is 55.8 Å². The van der Waals surface area contributed by atoms with Crippen molar-refractivity contribution < 1.29 is 9.32 Å². The van der Waals surface area contributed by atoms with Crippen LogP contribution in [0.1, 0.15) is 34.6 Å². The van der Waals surface area contributed by atoms with E-state index in [0.717, 1.165) is 11.3 Å². The molecule has 1 atom stereocenters. The summed E-state index contributed by atoms with van der Waals surface area (Å²) >= 11 is 12.0. The normalized spacial score (nSPS) is 12.0. The first-order valence-corrected chi connectivity index (χ1v) is 8.70. The van der Waals surface area contributed by atoms with E-state index in [1.54, 1.807) is 19.1 Å². The molecule has 2 N–H and O–H groups in total. The average molecular weight is 390 g/mol. The molecule has 3 aromatic rings. The maximum absolute atomic E-state index is 12.0. The molecule has 26 heavy (non-hydrogen) atoms. The van der Waals surface area contributed by atoms with Gasteiger partial charge in [0.25, 0.3) is 5.91 Å². The maximum atomic E-state index is 12.0. The lowest BCUT2D eigenvalue weighted by Gasteiger charge is -2.29. The highest BCUT2D eigenvalue weighted by Crippen LogP contribution is 2.38. The van der Waals surface area contributed by atoms with Gasteiger partial charge in [0.2, 0.25) is 5.88 Å². The van der Waals surface area contributed by atoms with Gasteiger partial charge in [0.15, 0.2) is 0 Å². The van der Waals surface area contributed by atoms with Crippen LogP contribution in [0.2, 0.25) is 10.0 Å². The predicted molar refractivity (Wildman–Crippen MR) is 103 cm³/mol. The number of carbonyl (C=O) groups excluding carboxylic acids is 1. The Morgan fingerprint density at radius 3 is 2.15 bits per heavy atom. The lowest BCUT2D eigenvalue weighted by atomic mass is 10.0. The quantitative estimate of drug-likeness (QED) is 0.643. The Balaban J connectivity index is 2.15. The molecule has 1 heterocycles. The van der Waals surface area contributed by atoms with Crippen molar-refractivity contribution in [2.45, 2.75) is 19.9 Å². The summed E-state index contributed by atoms with van der Waals surface area (Å²) in [4.78, 5) is 13.8. The molecule has 0 aliphatic rings. The lowest BCUT2D eigenvalue weighted by molar-refractivity contribution is 0.1000. The molecule has 1 amide bonds. The topological polar surface area (TPSA) is 72.4 Å². The number of hydrogen-bond donors (Lipinski definition) is 1. The van der Waals surface area contributed by atoms with Crippen molar-refractivity contribution in [3.05, 3.63) is 75.4 Å². The zero-order valence-electron chi connectivity index (χ0n) is 14.2. The number of hydrogen-bond acceptors (Lipinski definition) is 4. The van der Waals surface area contributed by atoms with Gasteiger partial charge in [0, 0.05) is 15.7 Å². The number of benzene rings is 2. The molecule has 0 radical (unpaired) electrons. The molecule has 5 nitrogen and oxygen atoms in total. The number of nitrogens with zero attached hydrogens (tertiary/aromatic N) is 2. The predicted octanol–water partition coefficient (Wildman–Crippen LogP) is 5.29. The summed E-state index contributed by atoms with van der Waals surface area (Å²) < 4.78 is 5.49. The summed E-state index contributed by atoms with van der Waals surface area (Å²) in [6.45, 7) is 3.67. The van der Waals surface area contributed by atoms with Gasteiger partial charge in [-0.25, -0.2) is 0 Å². The summed E-state index contributed by atoms with van der Waals surface area (Å²) in [7, 11) is 0. The summed E-state index contributed by atoms with van der Waals surface area (Å²) in [6, 6.07) is 14.5. The van der Waals surface area contributed by atoms with Crippen LogP contribution >= 0.6 is 23.2 Å². The molecule has 0 aliphatic heterocycles. The molecule has 3 rings (SSSR count). The van der Waals surface area contributed by atoms with Gasteiger partial charge in [0.05, 0.1) is 11.7 Å². The van der Waals surface area contributed by atoms with Gasteiger partial charge in [-0.3, -0.25) is 4.79 Å². The first-order valence-electron chi connectivity index (χ1n) is 7.95. The monoisotopic (exact) mass is 389 g/mol. The first kappa shape index (κ1) is 18.3. The van der Waals surface area contributed by atoms with Crippen LogP contribution in [0.4, 0.5) is 11.6 Å². The van der Waals surface area contributed by atoms with Gasteiger partial charge in [-0.2, -0.15) is 0 Å². The van der Waals surface area contributed by atoms with Gasteiger partial charge in [0.1, 0.15) is 5.56 Å². The minimum absolute atomic E-state index is 0.182. The number of aromatic nitrogens is 1. The van der Waals surface area contributed by atoms with Crippen molar-refractivity contribution in [1.82, 2.24) is 5.16 Å². The van der Waals surface area contributed by atoms with Crippen LogP contribution in [0.15, 0.2) is 53.1 Å². The minimum Gasteiger partial charge on any atom is -0.365 e. The Bertz CT molecular complexity index is 921. The summed E-state index contributed by atoms with van der Waals surface area (Å²) in [5.41, 5.74) is 8.01. The standard InChI is InChI=1S/C19H17Cl2N3O2/c1-11-17(18(22)25)19(26-23-11)24(16-9-7-15(21)8-10-16)12(2)13-3-5-14(20)6-4-13/h3-10,12H,1-2H3,(H2,22,25). The molecule has 0 saturated carbocycles. The van der Waals surface area contributed by atoms with E-state index in [1.807, 2.05) is 48.2 Å². The van der Waals surface area contributed by atoms with Crippen molar-refractivity contribution in [3.8, 4) is 0 Å². The number of nitrogens with two attached hydrogens (primary N) is 1. The third kappa shape index (κ3) is 3.54. The van der Waals surface area contributed by atoms with Crippen LogP contribution < -0.4 is 10.6 Å². The van der Waals surface area contributed by atoms with E-state index in [2.05, 4.69) is 5.16 Å². The van der Waals surface area contributed by atoms with E-state index in [0.29, 0.717) is 21.6 Å². The zero-order chi connectivity index (χ0) is 18.8. The molecule has 2 aromatic carbocycles. The number of aryl methyl sites for hydroxylation is 1. The Labute approximate surface area is 161 Å². The Kier molecular flexibility index (Phi) is 5.20. The zero-order valence-corrected chi connectivity index (χ0v) is 15.8. The van der Waals surface area contributed by atoms with Crippen LogP contribution in [0.5, 0.6) is 0 Å². The fourth-order valence-electron chi connectivity index (χ4n) is 2.81. The van der Waals surface area contributed by atoms with Crippen LogP contribution in [-0.4, -0.2) is 11.1 Å². The largest absolute Gasteiger partial charge is 0.365 e. The molecule has 0 saturated heterocycles. The fraction of sp³-hybridized carbons (Fsp3) is 0.158. The number of amides is 1. The van der Waals surface area contributed by atoms with E-state index in [1.165, 1.54) is 0 Å². The average Bonchev–Trinajstić information content (AvgIpc) is 2.99. The molecule has 0 spiro atoms. The lowest BCUT2D eigenvalue weighted by Crippen LogP contribution is -2.24. The molecule has 1 aromatic heterocycles. The second-order valence-electron chi connectivity index (χ2n) is 5.89. The molecule has 0 bridgehead atoms. The third-order valence-electron chi connectivity index (χ3n) is 4.15. The van der Waals surface area contributed by atoms with Crippen LogP contribution in [0, 0.1) is 6.92 Å². The SMILES string of the molecule is Cc1noc(N(c2ccc(Cl)cc2)C(C)c2ccc(Cl)cc2)c1C(N)=O. The van der Waals surface area contributed by atoms with Gasteiger partial charge >= 0.3 is 0 Å². The summed E-state index contributed by atoms with van der Waals surface area (Å²) in [5, 5.41) is 5.18. The molecule has 134 valence electrons. The fourth-order valence-corrected chi connectivity index (χ4v) is 3.07. The highest BCUT2D eigenvalue weighted by Gasteiger charge is 2.28. The highest BCUT2D eigenvalue weighted by molar-refractivity contribution is 6.30. The van der Waals surface area contributed by atoms with E-state index >= 15 is 0 Å². The van der Waals surface area contributed by atoms with Crippen molar-refractivity contribution in [2.75, 3.05) is 4.90 Å². The van der Waals surface area contributed by atoms with Crippen molar-refractivity contribution >= 4 is 40.7 Å². The number of halogens is 2. The Morgan fingerprint density at radius 2 is 1.62 bits per heavy atom. The van der Waals surface area contributed by atoms with Crippen LogP contribution in [-0.2, 0) is 0 Å². The highest BCUT2D eigenvalue weighted by atomic mass is 35.5. The van der Waals surface area contributed by atoms with Gasteiger partial charge < -0.3 is 15.2 Å². The maximum Gasteiger partial charge on any atom is 0.256 e. The summed E-state index contributed by atoms with van der Waals surface area (Å²) in [5.74, 6) is -0.305. The van der Waals surface area contributed by atoms with E-state index in [4.69, 9.17) is 33.5 Å². The first-order chi connectivity index (χ1) is 12.4. The Morgan fingerprint density at radius 1 is 1.08 bits per heavy atom. The van der Waals surface area contributed by atoms with Crippen molar-refractivity contribution in [2.24, 2.45) is 5.73 Å². The summed E-state index contributed by atoms with van der Waals surface area (Å²) in [6.07, 6.45) is 0. The molecule has 1 unspecified atom stereocenters. The Hall–Kier alpha value is -2.50. The van der Waals surface area contributed by atoms with Gasteiger partial charge in [-0.15, -0.1) is 0 Å². The van der Waals surface area contributed by atoms with E-state index in [9.17, 15) is 4.79 Å². The second kappa shape index (κ2) is 7.40. The molecule has 7 heteroatoms. The van der Waals surface area contributed by atoms with Crippen LogP contribution in [0.3, 0.4) is 0 Å². The van der Waals surface area contributed by atoms with Gasteiger partial charge in [-0.1, -0.05) is 40.5 Å². The molecule has 0 fully saturated rings. The van der Waals surface area contributed by atoms with Crippen LogP contribution in [0.25, 0.3) is 0 Å². The number of primary amides is 1. The molecular formula is C19H17Cl2N3O2. The number of carbonyl (C=O) groups is 1. The minimum atomic E-state index is -0.596. The number of rotatable bonds is 5. The molecule has 0 aliphatic carbocycles. The smallest absolute Gasteiger partial charge is 0.256 e. The second-order valence-corrected chi connectivity index (χ2v) is 6.76. The third-order valence-corrected chi connectivity index (χ3v) is 4.66. The van der Waals surface area contributed by atoms with E-state index in [-0.39, 0.29) is 11.6 Å². The van der Waals surface area contributed by atoms with Crippen molar-refractivity contribution in [3.63, 3.8) is 0 Å².